The number of rotatable bonds is 5. The fraction of sp³-hybridized carbons (Fsp3) is 0.292. The molecule has 2 saturated heterocycles. The van der Waals surface area contributed by atoms with Crippen LogP contribution in [0.2, 0.25) is 0 Å². The summed E-state index contributed by atoms with van der Waals surface area (Å²) in [4.78, 5) is 39.5. The van der Waals surface area contributed by atoms with Gasteiger partial charge in [-0.3, -0.25) is 19.9 Å². The molecule has 2 N–H and O–H groups in total. The molecular weight excluding hydrogens is 436 g/mol. The first-order valence-electron chi connectivity index (χ1n) is 11.0. The third-order valence-electron chi connectivity index (χ3n) is 5.80. The van der Waals surface area contributed by atoms with Crippen molar-refractivity contribution in [1.82, 2.24) is 25.6 Å². The van der Waals surface area contributed by atoms with Crippen molar-refractivity contribution in [2.45, 2.75) is 32.4 Å². The predicted octanol–water partition coefficient (Wildman–Crippen LogP) is 3.42. The molecule has 2 aliphatic rings. The number of para-hydroxylation sites is 1. The molecule has 2 amide bonds. The highest BCUT2D eigenvalue weighted by molar-refractivity contribution is 8.18. The van der Waals surface area contributed by atoms with Crippen LogP contribution in [0.5, 0.6) is 0 Å². The summed E-state index contributed by atoms with van der Waals surface area (Å²) in [7, 11) is 0. The van der Waals surface area contributed by atoms with E-state index in [4.69, 9.17) is 0 Å². The summed E-state index contributed by atoms with van der Waals surface area (Å²) >= 11 is 0.890. The topological polar surface area (TPSA) is 100 Å². The minimum atomic E-state index is -0.383. The lowest BCUT2D eigenvalue weighted by molar-refractivity contribution is -0.115. The van der Waals surface area contributed by atoms with Crippen LogP contribution in [-0.2, 0) is 11.3 Å². The van der Waals surface area contributed by atoms with Crippen molar-refractivity contribution >= 4 is 45.8 Å². The Morgan fingerprint density at radius 2 is 2.12 bits per heavy atom. The van der Waals surface area contributed by atoms with Crippen LogP contribution in [0.3, 0.4) is 0 Å². The van der Waals surface area contributed by atoms with Crippen molar-refractivity contribution in [1.29, 1.82) is 0 Å². The number of benzene rings is 1. The highest BCUT2D eigenvalue weighted by atomic mass is 32.2. The fourth-order valence-electron chi connectivity index (χ4n) is 4.27. The molecule has 0 saturated carbocycles. The molecule has 3 aromatic rings. The van der Waals surface area contributed by atoms with E-state index in [9.17, 15) is 9.59 Å². The Labute approximate surface area is 195 Å². The van der Waals surface area contributed by atoms with Gasteiger partial charge in [-0.05, 0) is 61.4 Å². The van der Waals surface area contributed by atoms with Gasteiger partial charge in [-0.2, -0.15) is 0 Å². The summed E-state index contributed by atoms with van der Waals surface area (Å²) in [5.74, 6) is 0.252. The second-order valence-corrected chi connectivity index (χ2v) is 9.25. The lowest BCUT2D eigenvalue weighted by atomic mass is 10.0. The van der Waals surface area contributed by atoms with E-state index >= 15 is 0 Å². The Morgan fingerprint density at radius 3 is 2.97 bits per heavy atom. The number of pyridine rings is 1. The standard InChI is InChI=1S/C24H24N6O2S/c1-15-11-16(19-6-2-3-7-20(19)27-15)13-26-18-5-4-10-30(14-18)23-25-9-8-17(28-23)12-21-22(31)29-24(32)33-21/h2-3,6-9,11-12,18,26H,4-5,10,13-14H2,1H3,(H,29,31,32)/b21-12-/t18-/m1/s1. The molecule has 9 heteroatoms. The number of hydrogen-bond acceptors (Lipinski definition) is 8. The van der Waals surface area contributed by atoms with Crippen LogP contribution in [0, 0.1) is 6.92 Å². The van der Waals surface area contributed by atoms with Crippen LogP contribution in [0.25, 0.3) is 17.0 Å². The van der Waals surface area contributed by atoms with Gasteiger partial charge in [0.05, 0.1) is 16.1 Å². The van der Waals surface area contributed by atoms with Crippen molar-refractivity contribution in [2.75, 3.05) is 18.0 Å². The zero-order valence-electron chi connectivity index (χ0n) is 18.2. The molecule has 0 unspecified atom stereocenters. The lowest BCUT2D eigenvalue weighted by Crippen LogP contribution is -2.46. The van der Waals surface area contributed by atoms with Crippen molar-refractivity contribution in [2.24, 2.45) is 0 Å². The second kappa shape index (κ2) is 9.29. The van der Waals surface area contributed by atoms with Crippen LogP contribution in [-0.4, -0.2) is 45.2 Å². The van der Waals surface area contributed by atoms with Gasteiger partial charge in [0.2, 0.25) is 5.95 Å². The summed E-state index contributed by atoms with van der Waals surface area (Å²) in [6.45, 7) is 4.48. The maximum Gasteiger partial charge on any atom is 0.290 e. The number of carbonyl (C=O) groups excluding carboxylic acids is 2. The summed E-state index contributed by atoms with van der Waals surface area (Å²) < 4.78 is 0. The minimum Gasteiger partial charge on any atom is -0.339 e. The van der Waals surface area contributed by atoms with Gasteiger partial charge in [-0.15, -0.1) is 0 Å². The number of aromatic nitrogens is 3. The molecular formula is C24H24N6O2S. The second-order valence-electron chi connectivity index (χ2n) is 8.24. The van der Waals surface area contributed by atoms with Crippen LogP contribution < -0.4 is 15.5 Å². The Hall–Kier alpha value is -3.30. The van der Waals surface area contributed by atoms with Gasteiger partial charge in [-0.25, -0.2) is 9.97 Å². The van der Waals surface area contributed by atoms with Gasteiger partial charge in [0.25, 0.3) is 11.1 Å². The van der Waals surface area contributed by atoms with Crippen molar-refractivity contribution < 1.29 is 9.59 Å². The molecule has 5 rings (SSSR count). The first-order chi connectivity index (χ1) is 16.0. The summed E-state index contributed by atoms with van der Waals surface area (Å²) in [5.41, 5.74) is 3.91. The lowest BCUT2D eigenvalue weighted by Gasteiger charge is -2.33. The molecule has 1 atom stereocenters. The number of piperidine rings is 1. The molecule has 0 aliphatic carbocycles. The van der Waals surface area contributed by atoms with Crippen LogP contribution >= 0.6 is 11.8 Å². The number of aryl methyl sites for hydroxylation is 1. The monoisotopic (exact) mass is 460 g/mol. The minimum absolute atomic E-state index is 0.311. The number of carbonyl (C=O) groups is 2. The van der Waals surface area contributed by atoms with E-state index in [1.165, 1.54) is 10.9 Å². The van der Waals surface area contributed by atoms with Crippen molar-refractivity contribution in [3.63, 3.8) is 0 Å². The number of anilines is 1. The van der Waals surface area contributed by atoms with E-state index in [2.05, 4.69) is 54.8 Å². The first kappa shape index (κ1) is 21.5. The molecule has 2 fully saturated rings. The third-order valence-corrected chi connectivity index (χ3v) is 6.61. The number of thioether (sulfide) groups is 1. The molecule has 0 bridgehead atoms. The number of imide groups is 1. The molecule has 8 nitrogen and oxygen atoms in total. The Morgan fingerprint density at radius 1 is 1.24 bits per heavy atom. The third kappa shape index (κ3) is 4.89. The van der Waals surface area contributed by atoms with Crippen LogP contribution in [0.15, 0.2) is 47.5 Å². The van der Waals surface area contributed by atoms with E-state index < -0.39 is 0 Å². The first-order valence-corrected chi connectivity index (χ1v) is 11.8. The van der Waals surface area contributed by atoms with Gasteiger partial charge in [0, 0.05) is 43.0 Å². The number of hydrogen-bond donors (Lipinski definition) is 2. The normalized spacial score (nSPS) is 20.0. The number of nitrogens with one attached hydrogen (secondary N) is 2. The Balaban J connectivity index is 1.28. The van der Waals surface area contributed by atoms with Crippen LogP contribution in [0.1, 0.15) is 29.8 Å². The van der Waals surface area contributed by atoms with E-state index in [-0.39, 0.29) is 11.1 Å². The highest BCUT2D eigenvalue weighted by Gasteiger charge is 2.26. The molecule has 33 heavy (non-hydrogen) atoms. The molecule has 2 aromatic heterocycles. The summed E-state index contributed by atoms with van der Waals surface area (Å²) in [6, 6.07) is 12.4. The van der Waals surface area contributed by atoms with E-state index in [1.807, 2.05) is 13.0 Å². The van der Waals surface area contributed by atoms with Crippen molar-refractivity contribution in [3.05, 3.63) is 64.5 Å². The number of fused-ring (bicyclic) bond motifs is 1. The quantitative estimate of drug-likeness (QED) is 0.559. The largest absolute Gasteiger partial charge is 0.339 e. The molecule has 168 valence electrons. The van der Waals surface area contributed by atoms with E-state index in [0.717, 1.165) is 55.4 Å². The van der Waals surface area contributed by atoms with Crippen LogP contribution in [0.4, 0.5) is 10.7 Å². The van der Waals surface area contributed by atoms with Gasteiger partial charge >= 0.3 is 0 Å². The predicted molar refractivity (Wildman–Crippen MR) is 130 cm³/mol. The summed E-state index contributed by atoms with van der Waals surface area (Å²) in [6.07, 6.45) is 5.44. The Kier molecular flexibility index (Phi) is 6.06. The molecule has 4 heterocycles. The van der Waals surface area contributed by atoms with E-state index in [1.54, 1.807) is 18.3 Å². The fourth-order valence-corrected chi connectivity index (χ4v) is 4.94. The van der Waals surface area contributed by atoms with E-state index in [0.29, 0.717) is 22.6 Å². The van der Waals surface area contributed by atoms with Gasteiger partial charge in [0.1, 0.15) is 0 Å². The summed E-state index contributed by atoms with van der Waals surface area (Å²) in [5, 5.41) is 6.80. The average Bonchev–Trinajstić information content (AvgIpc) is 3.14. The maximum absolute atomic E-state index is 11.8. The average molecular weight is 461 g/mol. The highest BCUT2D eigenvalue weighted by Crippen LogP contribution is 2.26. The molecule has 2 aliphatic heterocycles. The van der Waals surface area contributed by atoms with Gasteiger partial charge in [-0.1, -0.05) is 18.2 Å². The smallest absolute Gasteiger partial charge is 0.290 e. The molecule has 0 radical (unpaired) electrons. The van der Waals surface area contributed by atoms with Gasteiger partial charge in [0.15, 0.2) is 0 Å². The van der Waals surface area contributed by atoms with Crippen molar-refractivity contribution in [3.8, 4) is 0 Å². The SMILES string of the molecule is Cc1cc(CN[C@@H]2CCCN(c3nccc(/C=C4\SC(=O)NC4=O)n3)C2)c2ccccc2n1. The molecule has 0 spiro atoms. The Bertz CT molecular complexity index is 1260. The zero-order valence-corrected chi connectivity index (χ0v) is 19.1. The zero-order chi connectivity index (χ0) is 22.8. The van der Waals surface area contributed by atoms with Gasteiger partial charge < -0.3 is 10.2 Å². The number of amides is 2. The number of nitrogens with zero attached hydrogens (tertiary/aromatic N) is 4. The molecule has 1 aromatic carbocycles. The maximum atomic E-state index is 11.8.